The van der Waals surface area contributed by atoms with Crippen LogP contribution < -0.4 is 5.73 Å². The second-order valence-electron chi connectivity index (χ2n) is 4.80. The zero-order valence-electron chi connectivity index (χ0n) is 11.4. The molecule has 0 radical (unpaired) electrons. The van der Waals surface area contributed by atoms with Crippen molar-refractivity contribution in [3.05, 3.63) is 53.7 Å². The van der Waals surface area contributed by atoms with Crippen LogP contribution in [0.4, 0.5) is 5.88 Å². The van der Waals surface area contributed by atoms with Crippen LogP contribution in [0.3, 0.4) is 0 Å². The van der Waals surface area contributed by atoms with E-state index in [4.69, 9.17) is 10.3 Å². The fraction of sp³-hybridized carbons (Fsp3) is 0.125. The van der Waals surface area contributed by atoms with E-state index in [1.165, 1.54) is 5.56 Å². The maximum absolute atomic E-state index is 5.93. The SMILES string of the molecule is Cc1ccc(C)c(-c2noc(N)c2-c2ccccn2)c1. The first-order valence-electron chi connectivity index (χ1n) is 6.41. The molecule has 100 valence electrons. The van der Waals surface area contributed by atoms with Gasteiger partial charge in [0.15, 0.2) is 0 Å². The number of pyridine rings is 1. The van der Waals surface area contributed by atoms with Crippen molar-refractivity contribution >= 4 is 5.88 Å². The lowest BCUT2D eigenvalue weighted by molar-refractivity contribution is 0.439. The highest BCUT2D eigenvalue weighted by Gasteiger charge is 2.19. The Morgan fingerprint density at radius 2 is 1.95 bits per heavy atom. The van der Waals surface area contributed by atoms with Gasteiger partial charge in [-0.2, -0.15) is 0 Å². The van der Waals surface area contributed by atoms with Crippen LogP contribution in [-0.2, 0) is 0 Å². The number of aryl methyl sites for hydroxylation is 2. The van der Waals surface area contributed by atoms with Gasteiger partial charge in [-0.15, -0.1) is 0 Å². The molecule has 0 fully saturated rings. The van der Waals surface area contributed by atoms with Gasteiger partial charge in [-0.05, 0) is 37.6 Å². The molecule has 3 aromatic rings. The molecule has 0 aliphatic rings. The van der Waals surface area contributed by atoms with E-state index in [9.17, 15) is 0 Å². The van der Waals surface area contributed by atoms with Crippen molar-refractivity contribution in [2.24, 2.45) is 0 Å². The fourth-order valence-corrected chi connectivity index (χ4v) is 2.24. The predicted octanol–water partition coefficient (Wildman–Crippen LogP) is 3.60. The zero-order valence-corrected chi connectivity index (χ0v) is 11.4. The van der Waals surface area contributed by atoms with Crippen molar-refractivity contribution in [3.63, 3.8) is 0 Å². The summed E-state index contributed by atoms with van der Waals surface area (Å²) in [5.74, 6) is 0.291. The second kappa shape index (κ2) is 4.81. The Kier molecular flexibility index (Phi) is 2.99. The van der Waals surface area contributed by atoms with E-state index >= 15 is 0 Å². The average molecular weight is 265 g/mol. The van der Waals surface area contributed by atoms with Gasteiger partial charge in [0.2, 0.25) is 5.88 Å². The number of aromatic nitrogens is 2. The van der Waals surface area contributed by atoms with E-state index in [1.54, 1.807) is 6.20 Å². The van der Waals surface area contributed by atoms with Crippen molar-refractivity contribution < 1.29 is 4.52 Å². The topological polar surface area (TPSA) is 64.9 Å². The molecule has 0 spiro atoms. The van der Waals surface area contributed by atoms with Crippen molar-refractivity contribution in [3.8, 4) is 22.5 Å². The molecular weight excluding hydrogens is 250 g/mol. The van der Waals surface area contributed by atoms with Crippen LogP contribution in [0, 0.1) is 13.8 Å². The minimum atomic E-state index is 0.291. The Labute approximate surface area is 117 Å². The highest BCUT2D eigenvalue weighted by Crippen LogP contribution is 2.36. The molecule has 2 heterocycles. The Hall–Kier alpha value is -2.62. The summed E-state index contributed by atoms with van der Waals surface area (Å²) in [6.45, 7) is 4.09. The molecule has 0 aliphatic carbocycles. The van der Waals surface area contributed by atoms with Gasteiger partial charge in [0.05, 0.1) is 11.3 Å². The number of hydrogen-bond donors (Lipinski definition) is 1. The van der Waals surface area contributed by atoms with Crippen LogP contribution in [-0.4, -0.2) is 10.1 Å². The summed E-state index contributed by atoms with van der Waals surface area (Å²) < 4.78 is 5.19. The summed E-state index contributed by atoms with van der Waals surface area (Å²) in [5, 5.41) is 4.12. The molecule has 4 nitrogen and oxygen atoms in total. The predicted molar refractivity (Wildman–Crippen MR) is 79.1 cm³/mol. The normalized spacial score (nSPS) is 10.7. The average Bonchev–Trinajstić information content (AvgIpc) is 2.84. The number of benzene rings is 1. The maximum atomic E-state index is 5.93. The molecule has 1 aromatic carbocycles. The first-order chi connectivity index (χ1) is 9.66. The maximum Gasteiger partial charge on any atom is 0.232 e. The Morgan fingerprint density at radius 1 is 1.10 bits per heavy atom. The number of nitrogens with zero attached hydrogens (tertiary/aromatic N) is 2. The van der Waals surface area contributed by atoms with Crippen LogP contribution in [0.5, 0.6) is 0 Å². The van der Waals surface area contributed by atoms with Crippen LogP contribution in [0.1, 0.15) is 11.1 Å². The van der Waals surface area contributed by atoms with Gasteiger partial charge in [-0.25, -0.2) is 0 Å². The summed E-state index contributed by atoms with van der Waals surface area (Å²) in [7, 11) is 0. The molecule has 0 saturated carbocycles. The first kappa shape index (κ1) is 12.4. The van der Waals surface area contributed by atoms with E-state index < -0.39 is 0 Å². The lowest BCUT2D eigenvalue weighted by atomic mass is 9.98. The van der Waals surface area contributed by atoms with Crippen molar-refractivity contribution in [1.29, 1.82) is 0 Å². The lowest BCUT2D eigenvalue weighted by Gasteiger charge is -2.06. The summed E-state index contributed by atoms with van der Waals surface area (Å²) in [6.07, 6.45) is 1.73. The Balaban J connectivity index is 2.24. The van der Waals surface area contributed by atoms with Crippen molar-refractivity contribution in [1.82, 2.24) is 10.1 Å². The van der Waals surface area contributed by atoms with E-state index in [-0.39, 0.29) is 0 Å². The molecule has 0 amide bonds. The number of nitrogens with two attached hydrogens (primary N) is 1. The summed E-state index contributed by atoms with van der Waals surface area (Å²) in [4.78, 5) is 4.34. The van der Waals surface area contributed by atoms with Gasteiger partial charge in [-0.1, -0.05) is 28.9 Å². The molecular formula is C16H15N3O. The summed E-state index contributed by atoms with van der Waals surface area (Å²) >= 11 is 0. The number of rotatable bonds is 2. The van der Waals surface area contributed by atoms with Gasteiger partial charge >= 0.3 is 0 Å². The quantitative estimate of drug-likeness (QED) is 0.768. The monoisotopic (exact) mass is 265 g/mol. The van der Waals surface area contributed by atoms with Crippen molar-refractivity contribution in [2.45, 2.75) is 13.8 Å². The third-order valence-electron chi connectivity index (χ3n) is 3.29. The Bertz CT molecular complexity index is 748. The lowest BCUT2D eigenvalue weighted by Crippen LogP contribution is -1.91. The van der Waals surface area contributed by atoms with E-state index in [0.717, 1.165) is 28.1 Å². The minimum Gasteiger partial charge on any atom is -0.367 e. The van der Waals surface area contributed by atoms with Crippen LogP contribution in [0.2, 0.25) is 0 Å². The summed E-state index contributed by atoms with van der Waals surface area (Å²) in [6, 6.07) is 11.9. The molecule has 0 saturated heterocycles. The molecule has 3 rings (SSSR count). The molecule has 4 heteroatoms. The van der Waals surface area contributed by atoms with Crippen LogP contribution in [0.15, 0.2) is 47.1 Å². The fourth-order valence-electron chi connectivity index (χ4n) is 2.24. The molecule has 2 aromatic heterocycles. The third-order valence-corrected chi connectivity index (χ3v) is 3.29. The van der Waals surface area contributed by atoms with Gasteiger partial charge in [-0.3, -0.25) is 4.98 Å². The number of anilines is 1. The molecule has 0 unspecified atom stereocenters. The van der Waals surface area contributed by atoms with Crippen LogP contribution in [0.25, 0.3) is 22.5 Å². The smallest absolute Gasteiger partial charge is 0.232 e. The summed E-state index contributed by atoms with van der Waals surface area (Å²) in [5.41, 5.74) is 11.5. The van der Waals surface area contributed by atoms with E-state index in [0.29, 0.717) is 5.88 Å². The van der Waals surface area contributed by atoms with Crippen LogP contribution >= 0.6 is 0 Å². The highest BCUT2D eigenvalue weighted by molar-refractivity contribution is 5.86. The number of nitrogen functional groups attached to an aromatic ring is 1. The molecule has 0 bridgehead atoms. The number of hydrogen-bond acceptors (Lipinski definition) is 4. The molecule has 0 atom stereocenters. The highest BCUT2D eigenvalue weighted by atomic mass is 16.5. The van der Waals surface area contributed by atoms with Crippen molar-refractivity contribution in [2.75, 3.05) is 5.73 Å². The first-order valence-corrected chi connectivity index (χ1v) is 6.41. The minimum absolute atomic E-state index is 0.291. The van der Waals surface area contributed by atoms with E-state index in [2.05, 4.69) is 28.3 Å². The standard InChI is InChI=1S/C16H15N3O/c1-10-6-7-11(2)12(9-10)15-14(16(17)20-19-15)13-5-3-4-8-18-13/h3-9H,17H2,1-2H3. The third kappa shape index (κ3) is 2.05. The van der Waals surface area contributed by atoms with E-state index in [1.807, 2.05) is 32.0 Å². The van der Waals surface area contributed by atoms with Gasteiger partial charge in [0.25, 0.3) is 0 Å². The zero-order chi connectivity index (χ0) is 14.1. The van der Waals surface area contributed by atoms with Gasteiger partial charge in [0.1, 0.15) is 5.69 Å². The molecule has 2 N–H and O–H groups in total. The largest absolute Gasteiger partial charge is 0.367 e. The second-order valence-corrected chi connectivity index (χ2v) is 4.80. The molecule has 20 heavy (non-hydrogen) atoms. The molecule has 0 aliphatic heterocycles. The Morgan fingerprint density at radius 3 is 2.70 bits per heavy atom. The van der Waals surface area contributed by atoms with Gasteiger partial charge in [0, 0.05) is 11.8 Å². The van der Waals surface area contributed by atoms with Gasteiger partial charge < -0.3 is 10.3 Å².